The van der Waals surface area contributed by atoms with Crippen molar-refractivity contribution in [2.45, 2.75) is 26.8 Å². The van der Waals surface area contributed by atoms with Crippen molar-refractivity contribution in [3.63, 3.8) is 0 Å². The zero-order valence-electron chi connectivity index (χ0n) is 12.7. The van der Waals surface area contributed by atoms with E-state index in [0.29, 0.717) is 29.7 Å². The largest absolute Gasteiger partial charge is 0.352 e. The molecule has 0 atom stereocenters. The second kappa shape index (κ2) is 5.63. The molecule has 0 aliphatic heterocycles. The molecule has 3 rings (SSSR count). The third kappa shape index (κ3) is 2.16. The van der Waals surface area contributed by atoms with Crippen LogP contribution >= 0.6 is 0 Å². The number of hydrogen-bond donors (Lipinski definition) is 1. The molecule has 22 heavy (non-hydrogen) atoms. The predicted octanol–water partition coefficient (Wildman–Crippen LogP) is 1.81. The summed E-state index contributed by atoms with van der Waals surface area (Å²) in [4.78, 5) is 24.6. The molecule has 0 saturated carbocycles. The lowest BCUT2D eigenvalue weighted by Gasteiger charge is -2.11. The molecule has 0 aliphatic carbocycles. The zero-order valence-corrected chi connectivity index (χ0v) is 12.7. The molecule has 2 heterocycles. The Morgan fingerprint density at radius 1 is 1.18 bits per heavy atom. The molecule has 0 unspecified atom stereocenters. The summed E-state index contributed by atoms with van der Waals surface area (Å²) in [6.07, 6.45) is 2.49. The highest BCUT2D eigenvalue weighted by Gasteiger charge is 2.13. The molecule has 0 radical (unpaired) electrons. The smallest absolute Gasteiger partial charge is 0.277 e. The van der Waals surface area contributed by atoms with Crippen molar-refractivity contribution in [1.29, 1.82) is 0 Å². The fourth-order valence-electron chi connectivity index (χ4n) is 2.62. The summed E-state index contributed by atoms with van der Waals surface area (Å²) < 4.78 is 3.29. The molecule has 0 saturated heterocycles. The van der Waals surface area contributed by atoms with Crippen LogP contribution in [0.5, 0.6) is 0 Å². The van der Waals surface area contributed by atoms with Gasteiger partial charge in [-0.05, 0) is 37.6 Å². The number of benzene rings is 1. The molecule has 0 aliphatic rings. The Hall–Kier alpha value is -2.63. The molecule has 114 valence electrons. The molecular weight excluding hydrogens is 280 g/mol. The number of hydrogen-bond acceptors (Lipinski definition) is 3. The first kappa shape index (κ1) is 14.3. The quantitative estimate of drug-likeness (QED) is 0.798. The standard InChI is InChI=1S/C16H18N4O2/c1-3-8-17-15(21)11-5-6-12-14(10-11)19(4-2)16(22)13-7-9-18-20(12)13/h5-7,9-10H,3-4,8H2,1-2H3,(H,17,21). The lowest BCUT2D eigenvalue weighted by atomic mass is 10.1. The number of nitrogens with one attached hydrogen (secondary N) is 1. The first-order chi connectivity index (χ1) is 10.7. The average Bonchev–Trinajstić information content (AvgIpc) is 3.02. The topological polar surface area (TPSA) is 68.4 Å². The third-order valence-electron chi connectivity index (χ3n) is 3.72. The van der Waals surface area contributed by atoms with Gasteiger partial charge in [0.05, 0.1) is 17.2 Å². The van der Waals surface area contributed by atoms with E-state index in [4.69, 9.17) is 0 Å². The van der Waals surface area contributed by atoms with E-state index in [-0.39, 0.29) is 11.5 Å². The molecule has 1 N–H and O–H groups in total. The van der Waals surface area contributed by atoms with E-state index >= 15 is 0 Å². The number of rotatable bonds is 4. The van der Waals surface area contributed by atoms with Gasteiger partial charge >= 0.3 is 0 Å². The first-order valence-electron chi connectivity index (χ1n) is 7.45. The average molecular weight is 298 g/mol. The van der Waals surface area contributed by atoms with E-state index in [1.807, 2.05) is 19.9 Å². The lowest BCUT2D eigenvalue weighted by molar-refractivity contribution is 0.0954. The van der Waals surface area contributed by atoms with E-state index in [9.17, 15) is 9.59 Å². The van der Waals surface area contributed by atoms with Crippen LogP contribution in [0.1, 0.15) is 30.6 Å². The maximum atomic E-state index is 12.5. The maximum Gasteiger partial charge on any atom is 0.277 e. The Morgan fingerprint density at radius 3 is 2.73 bits per heavy atom. The van der Waals surface area contributed by atoms with Gasteiger partial charge in [-0.3, -0.25) is 9.59 Å². The van der Waals surface area contributed by atoms with Crippen molar-refractivity contribution < 1.29 is 4.79 Å². The van der Waals surface area contributed by atoms with Crippen LogP contribution in [0.3, 0.4) is 0 Å². The van der Waals surface area contributed by atoms with Crippen molar-refractivity contribution >= 4 is 22.5 Å². The van der Waals surface area contributed by atoms with Gasteiger partial charge in [-0.15, -0.1) is 0 Å². The third-order valence-corrected chi connectivity index (χ3v) is 3.72. The summed E-state index contributed by atoms with van der Waals surface area (Å²) >= 11 is 0. The van der Waals surface area contributed by atoms with Gasteiger partial charge in [0.15, 0.2) is 0 Å². The summed E-state index contributed by atoms with van der Waals surface area (Å²) in [7, 11) is 0. The number of aromatic nitrogens is 3. The summed E-state index contributed by atoms with van der Waals surface area (Å²) in [5.74, 6) is -0.126. The summed E-state index contributed by atoms with van der Waals surface area (Å²) in [5, 5.41) is 7.06. The van der Waals surface area contributed by atoms with Crippen LogP contribution in [-0.2, 0) is 6.54 Å². The van der Waals surface area contributed by atoms with E-state index in [0.717, 1.165) is 11.9 Å². The number of nitrogens with zero attached hydrogens (tertiary/aromatic N) is 3. The molecule has 6 nitrogen and oxygen atoms in total. The Kier molecular flexibility index (Phi) is 3.66. The normalized spacial score (nSPS) is 11.2. The predicted molar refractivity (Wildman–Crippen MR) is 85.3 cm³/mol. The van der Waals surface area contributed by atoms with Crippen molar-refractivity contribution in [2.75, 3.05) is 6.54 Å². The molecule has 1 aromatic carbocycles. The van der Waals surface area contributed by atoms with Crippen LogP contribution in [0, 0.1) is 0 Å². The highest BCUT2D eigenvalue weighted by atomic mass is 16.1. The van der Waals surface area contributed by atoms with E-state index in [2.05, 4.69) is 10.4 Å². The molecule has 6 heteroatoms. The molecule has 0 fully saturated rings. The number of fused-ring (bicyclic) bond motifs is 3. The summed E-state index contributed by atoms with van der Waals surface area (Å²) in [5.41, 5.74) is 2.52. The van der Waals surface area contributed by atoms with Gasteiger partial charge in [0, 0.05) is 18.7 Å². The van der Waals surface area contributed by atoms with Gasteiger partial charge in [-0.1, -0.05) is 6.92 Å². The lowest BCUT2D eigenvalue weighted by Crippen LogP contribution is -2.25. The fourth-order valence-corrected chi connectivity index (χ4v) is 2.62. The SMILES string of the molecule is CCCNC(=O)c1ccc2c(c1)n(CC)c(=O)c1ccnn12. The second-order valence-electron chi connectivity index (χ2n) is 5.14. The highest BCUT2D eigenvalue weighted by molar-refractivity contribution is 5.97. The number of amides is 1. The van der Waals surface area contributed by atoms with E-state index in [1.54, 1.807) is 33.5 Å². The summed E-state index contributed by atoms with van der Waals surface area (Å²) in [6.45, 7) is 5.09. The molecule has 0 bridgehead atoms. The molecule has 1 amide bonds. The van der Waals surface area contributed by atoms with Crippen LogP contribution in [0.25, 0.3) is 16.6 Å². The molecular formula is C16H18N4O2. The van der Waals surface area contributed by atoms with Crippen molar-refractivity contribution in [2.24, 2.45) is 0 Å². The van der Waals surface area contributed by atoms with Gasteiger partial charge < -0.3 is 9.88 Å². The number of aryl methyl sites for hydroxylation is 1. The Labute approximate surface area is 127 Å². The van der Waals surface area contributed by atoms with E-state index in [1.165, 1.54) is 0 Å². The van der Waals surface area contributed by atoms with Gasteiger partial charge in [0.25, 0.3) is 11.5 Å². The van der Waals surface area contributed by atoms with Gasteiger partial charge in [0.1, 0.15) is 5.52 Å². The molecule has 3 aromatic rings. The van der Waals surface area contributed by atoms with Gasteiger partial charge in [-0.2, -0.15) is 5.10 Å². The Bertz CT molecular complexity index is 908. The highest BCUT2D eigenvalue weighted by Crippen LogP contribution is 2.16. The van der Waals surface area contributed by atoms with Crippen LogP contribution in [0.15, 0.2) is 35.3 Å². The van der Waals surface area contributed by atoms with Crippen LogP contribution < -0.4 is 10.9 Å². The van der Waals surface area contributed by atoms with Crippen molar-refractivity contribution in [1.82, 2.24) is 19.5 Å². The van der Waals surface area contributed by atoms with E-state index < -0.39 is 0 Å². The fraction of sp³-hybridized carbons (Fsp3) is 0.312. The number of carbonyl (C=O) groups is 1. The first-order valence-corrected chi connectivity index (χ1v) is 7.45. The van der Waals surface area contributed by atoms with Crippen molar-refractivity contribution in [3.05, 3.63) is 46.4 Å². The van der Waals surface area contributed by atoms with Gasteiger partial charge in [-0.25, -0.2) is 4.52 Å². The number of carbonyl (C=O) groups excluding carboxylic acids is 1. The van der Waals surface area contributed by atoms with Crippen LogP contribution in [-0.4, -0.2) is 26.6 Å². The Morgan fingerprint density at radius 2 is 2.00 bits per heavy atom. The zero-order chi connectivity index (χ0) is 15.7. The molecule has 2 aromatic heterocycles. The van der Waals surface area contributed by atoms with Crippen molar-refractivity contribution in [3.8, 4) is 0 Å². The van der Waals surface area contributed by atoms with Gasteiger partial charge in [0.2, 0.25) is 0 Å². The van der Waals surface area contributed by atoms with Crippen LogP contribution in [0.2, 0.25) is 0 Å². The monoisotopic (exact) mass is 298 g/mol. The minimum Gasteiger partial charge on any atom is -0.352 e. The summed E-state index contributed by atoms with van der Waals surface area (Å²) in [6, 6.07) is 7.06. The minimum atomic E-state index is -0.126. The maximum absolute atomic E-state index is 12.5. The Balaban J connectivity index is 2.25. The molecule has 0 spiro atoms. The minimum absolute atomic E-state index is 0.0985. The van der Waals surface area contributed by atoms with Crippen LogP contribution in [0.4, 0.5) is 0 Å². The second-order valence-corrected chi connectivity index (χ2v) is 5.14.